The highest BCUT2D eigenvalue weighted by atomic mass is 32.2. The Morgan fingerprint density at radius 1 is 1.00 bits per heavy atom. The van der Waals surface area contributed by atoms with Crippen molar-refractivity contribution in [3.8, 4) is 11.4 Å². The number of carbonyl (C=O) groups is 1. The van der Waals surface area contributed by atoms with Crippen LogP contribution in [-0.2, 0) is 21.4 Å². The average molecular weight is 500 g/mol. The number of rotatable bonds is 8. The summed E-state index contributed by atoms with van der Waals surface area (Å²) in [5.74, 6) is 0.734. The largest absolute Gasteiger partial charge is 0.325 e. The topological polar surface area (TPSA) is 97.2 Å². The minimum Gasteiger partial charge on any atom is -0.325 e. The first-order valence-electron chi connectivity index (χ1n) is 11.4. The van der Waals surface area contributed by atoms with Crippen LogP contribution in [0, 0.1) is 6.92 Å². The van der Waals surface area contributed by atoms with Crippen molar-refractivity contribution in [2.45, 2.75) is 49.7 Å². The molecule has 4 rings (SSSR count). The van der Waals surface area contributed by atoms with E-state index in [1.54, 1.807) is 28.6 Å². The Balaban J connectivity index is 1.44. The summed E-state index contributed by atoms with van der Waals surface area (Å²) in [6.45, 7) is 5.76. The molecule has 8 nitrogen and oxygen atoms in total. The normalized spacial score (nSPS) is 14.8. The molecular weight excluding hydrogens is 470 g/mol. The van der Waals surface area contributed by atoms with E-state index in [1.807, 2.05) is 42.7 Å². The smallest absolute Gasteiger partial charge is 0.243 e. The first-order chi connectivity index (χ1) is 16.4. The van der Waals surface area contributed by atoms with Gasteiger partial charge in [-0.2, -0.15) is 4.31 Å². The van der Waals surface area contributed by atoms with E-state index >= 15 is 0 Å². The van der Waals surface area contributed by atoms with Gasteiger partial charge in [0.25, 0.3) is 0 Å². The third-order valence-corrected chi connectivity index (χ3v) is 8.65. The van der Waals surface area contributed by atoms with E-state index in [2.05, 4.69) is 15.5 Å². The van der Waals surface area contributed by atoms with Gasteiger partial charge in [-0.05, 0) is 63.1 Å². The highest BCUT2D eigenvalue weighted by molar-refractivity contribution is 7.99. The number of hydrogen-bond donors (Lipinski definition) is 1. The molecule has 0 atom stereocenters. The molecule has 3 aromatic rings. The summed E-state index contributed by atoms with van der Waals surface area (Å²) in [5, 5.41) is 12.1. The zero-order valence-corrected chi connectivity index (χ0v) is 21.0. The number of thioether (sulfide) groups is 1. The maximum Gasteiger partial charge on any atom is 0.243 e. The lowest BCUT2D eigenvalue weighted by atomic mass is 10.2. The number of aryl methyl sites for hydroxylation is 1. The molecule has 0 aliphatic carbocycles. The van der Waals surface area contributed by atoms with Crippen molar-refractivity contribution in [1.29, 1.82) is 0 Å². The lowest BCUT2D eigenvalue weighted by molar-refractivity contribution is -0.113. The Morgan fingerprint density at radius 2 is 1.68 bits per heavy atom. The molecule has 1 aromatic heterocycles. The van der Waals surface area contributed by atoms with Gasteiger partial charge in [-0.3, -0.25) is 4.79 Å². The molecule has 0 unspecified atom stereocenters. The second-order valence-electron chi connectivity index (χ2n) is 8.24. The first-order valence-corrected chi connectivity index (χ1v) is 13.8. The van der Waals surface area contributed by atoms with Gasteiger partial charge in [0.15, 0.2) is 11.0 Å². The molecule has 0 bridgehead atoms. The fraction of sp³-hybridized carbons (Fsp3) is 0.375. The molecule has 0 saturated carbocycles. The van der Waals surface area contributed by atoms with E-state index in [-0.39, 0.29) is 11.7 Å². The van der Waals surface area contributed by atoms with E-state index in [1.165, 1.54) is 11.8 Å². The summed E-state index contributed by atoms with van der Waals surface area (Å²) in [7, 11) is -3.48. The van der Waals surface area contributed by atoms with Crippen molar-refractivity contribution in [2.75, 3.05) is 24.2 Å². The quantitative estimate of drug-likeness (QED) is 0.467. The zero-order valence-electron chi connectivity index (χ0n) is 19.4. The number of benzene rings is 2. The molecular formula is C24H29N5O3S2. The summed E-state index contributed by atoms with van der Waals surface area (Å²) < 4.78 is 29.3. The Bertz CT molecular complexity index is 1230. The number of nitrogens with one attached hydrogen (secondary N) is 1. The summed E-state index contributed by atoms with van der Waals surface area (Å²) in [4.78, 5) is 12.7. The molecule has 1 aliphatic rings. The number of carbonyl (C=O) groups excluding carboxylic acids is 1. The van der Waals surface area contributed by atoms with Crippen LogP contribution >= 0.6 is 11.8 Å². The highest BCUT2D eigenvalue weighted by Gasteiger charge is 2.26. The Labute approximate surface area is 204 Å². The van der Waals surface area contributed by atoms with Gasteiger partial charge < -0.3 is 9.88 Å². The maximum absolute atomic E-state index is 12.9. The van der Waals surface area contributed by atoms with E-state index < -0.39 is 10.0 Å². The lowest BCUT2D eigenvalue weighted by Gasteiger charge is -2.25. The van der Waals surface area contributed by atoms with Gasteiger partial charge in [0, 0.05) is 30.9 Å². The number of anilines is 1. The molecule has 0 radical (unpaired) electrons. The van der Waals surface area contributed by atoms with Gasteiger partial charge in [-0.25, -0.2) is 8.42 Å². The van der Waals surface area contributed by atoms with Crippen LogP contribution in [0.1, 0.15) is 31.7 Å². The fourth-order valence-electron chi connectivity index (χ4n) is 3.89. The van der Waals surface area contributed by atoms with Gasteiger partial charge in [0.05, 0.1) is 10.6 Å². The standard InChI is InChI=1S/C24H29N5O3S2/c1-3-29-23(19-9-13-21(14-10-19)34(31,32)28-15-5-4-6-16-28)26-27-24(29)33-17-22(30)25-20-11-7-18(2)8-12-20/h7-14H,3-6,15-17H2,1-2H3,(H,25,30). The molecule has 34 heavy (non-hydrogen) atoms. The number of sulfonamides is 1. The predicted octanol–water partition coefficient (Wildman–Crippen LogP) is 4.18. The molecule has 2 aromatic carbocycles. The third-order valence-electron chi connectivity index (χ3n) is 5.77. The van der Waals surface area contributed by atoms with Crippen LogP contribution in [0.3, 0.4) is 0 Å². The van der Waals surface area contributed by atoms with Gasteiger partial charge in [-0.1, -0.05) is 35.9 Å². The number of aromatic nitrogens is 3. The second-order valence-corrected chi connectivity index (χ2v) is 11.1. The summed E-state index contributed by atoms with van der Waals surface area (Å²) in [6, 6.07) is 14.5. The average Bonchev–Trinajstić information content (AvgIpc) is 3.28. The monoisotopic (exact) mass is 499 g/mol. The molecule has 1 saturated heterocycles. The van der Waals surface area contributed by atoms with Gasteiger partial charge in [0.2, 0.25) is 15.9 Å². The number of nitrogens with zero attached hydrogens (tertiary/aromatic N) is 4. The Morgan fingerprint density at radius 3 is 2.32 bits per heavy atom. The highest BCUT2D eigenvalue weighted by Crippen LogP contribution is 2.27. The lowest BCUT2D eigenvalue weighted by Crippen LogP contribution is -2.35. The van der Waals surface area contributed by atoms with Gasteiger partial charge in [-0.15, -0.1) is 10.2 Å². The van der Waals surface area contributed by atoms with Crippen LogP contribution < -0.4 is 5.32 Å². The second kappa shape index (κ2) is 10.7. The molecule has 1 aliphatic heterocycles. The zero-order chi connectivity index (χ0) is 24.1. The van der Waals surface area contributed by atoms with Crippen molar-refractivity contribution in [3.05, 3.63) is 54.1 Å². The van der Waals surface area contributed by atoms with Crippen molar-refractivity contribution in [2.24, 2.45) is 0 Å². The van der Waals surface area contributed by atoms with Crippen LogP contribution in [0.5, 0.6) is 0 Å². The van der Waals surface area contributed by atoms with Crippen LogP contribution in [0.4, 0.5) is 5.69 Å². The van der Waals surface area contributed by atoms with Crippen LogP contribution in [0.15, 0.2) is 58.6 Å². The Kier molecular flexibility index (Phi) is 7.70. The summed E-state index contributed by atoms with van der Waals surface area (Å²) in [5.41, 5.74) is 2.67. The van der Waals surface area contributed by atoms with Crippen LogP contribution in [-0.4, -0.2) is 52.2 Å². The first kappa shape index (κ1) is 24.4. The third kappa shape index (κ3) is 5.51. The molecule has 1 N–H and O–H groups in total. The molecule has 2 heterocycles. The molecule has 1 amide bonds. The van der Waals surface area contributed by atoms with Gasteiger partial charge in [0.1, 0.15) is 0 Å². The number of amides is 1. The Hall–Kier alpha value is -2.69. The SMILES string of the molecule is CCn1c(SCC(=O)Nc2ccc(C)cc2)nnc1-c1ccc(S(=O)(=O)N2CCCCC2)cc1. The number of hydrogen-bond acceptors (Lipinski definition) is 6. The van der Waals surface area contributed by atoms with Crippen molar-refractivity contribution in [1.82, 2.24) is 19.1 Å². The molecule has 0 spiro atoms. The van der Waals surface area contributed by atoms with Crippen molar-refractivity contribution in [3.63, 3.8) is 0 Å². The minimum absolute atomic E-state index is 0.117. The fourth-order valence-corrected chi connectivity index (χ4v) is 6.21. The minimum atomic E-state index is -3.48. The predicted molar refractivity (Wildman–Crippen MR) is 134 cm³/mol. The van der Waals surface area contributed by atoms with E-state index in [9.17, 15) is 13.2 Å². The van der Waals surface area contributed by atoms with Crippen LogP contribution in [0.25, 0.3) is 11.4 Å². The van der Waals surface area contributed by atoms with E-state index in [4.69, 9.17) is 0 Å². The maximum atomic E-state index is 12.9. The van der Waals surface area contributed by atoms with Crippen molar-refractivity contribution < 1.29 is 13.2 Å². The molecule has 10 heteroatoms. The molecule has 180 valence electrons. The van der Waals surface area contributed by atoms with Crippen LogP contribution in [0.2, 0.25) is 0 Å². The van der Waals surface area contributed by atoms with Crippen molar-refractivity contribution >= 4 is 33.4 Å². The summed E-state index contributed by atoms with van der Waals surface area (Å²) in [6.07, 6.45) is 2.88. The van der Waals surface area contributed by atoms with E-state index in [0.717, 1.165) is 36.1 Å². The van der Waals surface area contributed by atoms with E-state index in [0.29, 0.717) is 35.5 Å². The van der Waals surface area contributed by atoms with Gasteiger partial charge >= 0.3 is 0 Å². The molecule has 1 fully saturated rings. The number of piperidine rings is 1. The summed E-state index contributed by atoms with van der Waals surface area (Å²) >= 11 is 1.32.